The van der Waals surface area contributed by atoms with Crippen LogP contribution >= 0.6 is 0 Å². The van der Waals surface area contributed by atoms with Gasteiger partial charge in [0, 0.05) is 13.6 Å². The van der Waals surface area contributed by atoms with Crippen molar-refractivity contribution in [3.8, 4) is 0 Å². The third kappa shape index (κ3) is 2.19. The Morgan fingerprint density at radius 2 is 1.94 bits per heavy atom. The van der Waals surface area contributed by atoms with E-state index in [1.807, 2.05) is 6.92 Å². The number of nitrogens with one attached hydrogen (secondary N) is 1. The van der Waals surface area contributed by atoms with Crippen molar-refractivity contribution < 1.29 is 14.7 Å². The minimum absolute atomic E-state index is 0.0927. The topological polar surface area (TPSA) is 69.6 Å². The van der Waals surface area contributed by atoms with Gasteiger partial charge < -0.3 is 15.3 Å². The standard InChI is InChI=1S/C11H20N2O3/c1-7-5-12-6-8(7)9(14)13(4)11(2,3)10(15)16/h7-8,12H,5-6H2,1-4H3,(H,15,16). The van der Waals surface area contributed by atoms with E-state index in [1.54, 1.807) is 20.9 Å². The second kappa shape index (κ2) is 4.41. The lowest BCUT2D eigenvalue weighted by Crippen LogP contribution is -2.53. The molecule has 2 unspecified atom stereocenters. The number of carbonyl (C=O) groups excluding carboxylic acids is 1. The monoisotopic (exact) mass is 228 g/mol. The van der Waals surface area contributed by atoms with Gasteiger partial charge in [-0.15, -0.1) is 0 Å². The van der Waals surface area contributed by atoms with Gasteiger partial charge in [0.05, 0.1) is 5.92 Å². The molecule has 1 fully saturated rings. The largest absolute Gasteiger partial charge is 0.480 e. The Kier molecular flexibility index (Phi) is 3.57. The molecule has 92 valence electrons. The summed E-state index contributed by atoms with van der Waals surface area (Å²) in [4.78, 5) is 24.5. The molecule has 0 aliphatic carbocycles. The zero-order chi connectivity index (χ0) is 12.5. The highest BCUT2D eigenvalue weighted by Gasteiger charge is 2.40. The summed E-state index contributed by atoms with van der Waals surface area (Å²) in [6.07, 6.45) is 0. The first-order valence-corrected chi connectivity index (χ1v) is 5.50. The molecule has 1 heterocycles. The van der Waals surface area contributed by atoms with Crippen LogP contribution in [0.15, 0.2) is 0 Å². The van der Waals surface area contributed by atoms with Crippen molar-refractivity contribution >= 4 is 11.9 Å². The molecule has 2 N–H and O–H groups in total. The number of carboxylic acids is 1. The van der Waals surface area contributed by atoms with E-state index in [1.165, 1.54) is 4.90 Å². The van der Waals surface area contributed by atoms with E-state index in [0.717, 1.165) is 6.54 Å². The minimum atomic E-state index is -1.15. The summed E-state index contributed by atoms with van der Waals surface area (Å²) < 4.78 is 0. The highest BCUT2D eigenvalue weighted by atomic mass is 16.4. The van der Waals surface area contributed by atoms with Gasteiger partial charge in [0.25, 0.3) is 0 Å². The van der Waals surface area contributed by atoms with Crippen LogP contribution in [-0.4, -0.2) is 47.6 Å². The molecule has 2 atom stereocenters. The van der Waals surface area contributed by atoms with Crippen LogP contribution in [0.2, 0.25) is 0 Å². The van der Waals surface area contributed by atoms with Crippen LogP contribution < -0.4 is 5.32 Å². The van der Waals surface area contributed by atoms with Gasteiger partial charge in [-0.25, -0.2) is 4.79 Å². The van der Waals surface area contributed by atoms with E-state index in [-0.39, 0.29) is 17.7 Å². The lowest BCUT2D eigenvalue weighted by Gasteiger charge is -2.34. The maximum absolute atomic E-state index is 12.1. The summed E-state index contributed by atoms with van der Waals surface area (Å²) in [6.45, 7) is 6.54. The zero-order valence-corrected chi connectivity index (χ0v) is 10.3. The summed E-state index contributed by atoms with van der Waals surface area (Å²) in [5.41, 5.74) is -1.15. The molecule has 0 saturated carbocycles. The van der Waals surface area contributed by atoms with Gasteiger partial charge in [0.15, 0.2) is 0 Å². The smallest absolute Gasteiger partial charge is 0.329 e. The summed E-state index contributed by atoms with van der Waals surface area (Å²) >= 11 is 0. The van der Waals surface area contributed by atoms with Crippen molar-refractivity contribution in [1.82, 2.24) is 10.2 Å². The van der Waals surface area contributed by atoms with Crippen molar-refractivity contribution in [1.29, 1.82) is 0 Å². The lowest BCUT2D eigenvalue weighted by molar-refractivity contribution is -0.157. The van der Waals surface area contributed by atoms with Gasteiger partial charge in [-0.3, -0.25) is 4.79 Å². The minimum Gasteiger partial charge on any atom is -0.480 e. The Morgan fingerprint density at radius 3 is 2.31 bits per heavy atom. The van der Waals surface area contributed by atoms with Gasteiger partial charge in [0.1, 0.15) is 5.54 Å². The molecule has 0 aromatic carbocycles. The van der Waals surface area contributed by atoms with Crippen molar-refractivity contribution in [2.75, 3.05) is 20.1 Å². The predicted molar refractivity (Wildman–Crippen MR) is 60.0 cm³/mol. The number of carbonyl (C=O) groups is 2. The number of aliphatic carboxylic acids is 1. The maximum Gasteiger partial charge on any atom is 0.329 e. The Bertz CT molecular complexity index is 302. The highest BCUT2D eigenvalue weighted by Crippen LogP contribution is 2.22. The highest BCUT2D eigenvalue weighted by molar-refractivity contribution is 5.87. The van der Waals surface area contributed by atoms with Gasteiger partial charge in [-0.1, -0.05) is 6.92 Å². The quantitative estimate of drug-likeness (QED) is 0.722. The SMILES string of the molecule is CC1CNCC1C(=O)N(C)C(C)(C)C(=O)O. The maximum atomic E-state index is 12.1. The van der Waals surface area contributed by atoms with E-state index in [9.17, 15) is 9.59 Å². The molecule has 1 rings (SSSR count). The van der Waals surface area contributed by atoms with Crippen LogP contribution in [0.5, 0.6) is 0 Å². The third-order valence-electron chi connectivity index (χ3n) is 3.53. The number of nitrogens with zero attached hydrogens (tertiary/aromatic N) is 1. The first kappa shape index (κ1) is 13.0. The Hall–Kier alpha value is -1.10. The lowest BCUT2D eigenvalue weighted by atomic mass is 9.94. The summed E-state index contributed by atoms with van der Waals surface area (Å²) in [5, 5.41) is 12.2. The second-order valence-electron chi connectivity index (χ2n) is 5.00. The van der Waals surface area contributed by atoms with Crippen molar-refractivity contribution in [2.45, 2.75) is 26.3 Å². The predicted octanol–water partition coefficient (Wildman–Crippen LogP) is 0.164. The van der Waals surface area contributed by atoms with Gasteiger partial charge in [-0.2, -0.15) is 0 Å². The normalized spacial score (nSPS) is 25.5. The van der Waals surface area contributed by atoms with Crippen LogP contribution in [0.3, 0.4) is 0 Å². The zero-order valence-electron chi connectivity index (χ0n) is 10.3. The van der Waals surface area contributed by atoms with Crippen LogP contribution in [0, 0.1) is 11.8 Å². The Balaban J connectivity index is 2.78. The molecule has 0 aromatic heterocycles. The average Bonchev–Trinajstić information content (AvgIpc) is 2.61. The van der Waals surface area contributed by atoms with Crippen molar-refractivity contribution in [3.63, 3.8) is 0 Å². The molecule has 0 radical (unpaired) electrons. The molecule has 16 heavy (non-hydrogen) atoms. The molecular formula is C11H20N2O3. The number of rotatable bonds is 3. The number of hydrogen-bond donors (Lipinski definition) is 2. The van der Waals surface area contributed by atoms with E-state index < -0.39 is 11.5 Å². The molecular weight excluding hydrogens is 208 g/mol. The average molecular weight is 228 g/mol. The summed E-state index contributed by atoms with van der Waals surface area (Å²) in [5.74, 6) is -0.921. The van der Waals surface area contributed by atoms with Crippen LogP contribution in [0.25, 0.3) is 0 Å². The van der Waals surface area contributed by atoms with Crippen molar-refractivity contribution in [2.24, 2.45) is 11.8 Å². The van der Waals surface area contributed by atoms with Crippen LogP contribution in [0.4, 0.5) is 0 Å². The van der Waals surface area contributed by atoms with E-state index in [4.69, 9.17) is 5.11 Å². The fraction of sp³-hybridized carbons (Fsp3) is 0.818. The third-order valence-corrected chi connectivity index (χ3v) is 3.53. The first-order valence-electron chi connectivity index (χ1n) is 5.50. The summed E-state index contributed by atoms with van der Waals surface area (Å²) in [6, 6.07) is 0. The van der Waals surface area contributed by atoms with Gasteiger partial charge >= 0.3 is 5.97 Å². The van der Waals surface area contributed by atoms with Crippen molar-refractivity contribution in [3.05, 3.63) is 0 Å². The van der Waals surface area contributed by atoms with Gasteiger partial charge in [0.2, 0.25) is 5.91 Å². The fourth-order valence-corrected chi connectivity index (χ4v) is 1.81. The Morgan fingerprint density at radius 1 is 1.38 bits per heavy atom. The number of hydrogen-bond acceptors (Lipinski definition) is 3. The summed E-state index contributed by atoms with van der Waals surface area (Å²) in [7, 11) is 1.56. The molecule has 1 amide bonds. The van der Waals surface area contributed by atoms with Crippen LogP contribution in [-0.2, 0) is 9.59 Å². The molecule has 1 saturated heterocycles. The first-order chi connectivity index (χ1) is 7.28. The Labute approximate surface area is 95.8 Å². The van der Waals surface area contributed by atoms with E-state index in [0.29, 0.717) is 6.54 Å². The number of amides is 1. The molecule has 0 bridgehead atoms. The molecule has 0 spiro atoms. The second-order valence-corrected chi connectivity index (χ2v) is 5.00. The molecule has 1 aliphatic heterocycles. The molecule has 0 aromatic rings. The molecule has 1 aliphatic rings. The van der Waals surface area contributed by atoms with Crippen LogP contribution in [0.1, 0.15) is 20.8 Å². The van der Waals surface area contributed by atoms with E-state index >= 15 is 0 Å². The van der Waals surface area contributed by atoms with E-state index in [2.05, 4.69) is 5.32 Å². The molecule has 5 heteroatoms. The van der Waals surface area contributed by atoms with Gasteiger partial charge in [-0.05, 0) is 26.3 Å². The fourth-order valence-electron chi connectivity index (χ4n) is 1.81. The molecule has 5 nitrogen and oxygen atoms in total. The number of likely N-dealkylation sites (N-methyl/N-ethyl adjacent to an activating group) is 1. The number of carboxylic acid groups (broad SMARTS) is 1.